The zero-order chi connectivity index (χ0) is 17.9. The van der Waals surface area contributed by atoms with Gasteiger partial charge in [0.2, 0.25) is 12.3 Å². The molecule has 0 fully saturated rings. The number of carbonyl (C=O) groups excluding carboxylic acids is 1. The highest BCUT2D eigenvalue weighted by atomic mass is 16.5. The Bertz CT molecular complexity index is 1070. The quantitative estimate of drug-likeness (QED) is 0.601. The van der Waals surface area contributed by atoms with Gasteiger partial charge in [-0.05, 0) is 41.1 Å². The van der Waals surface area contributed by atoms with E-state index in [4.69, 9.17) is 9.15 Å². The standard InChI is InChI=1S/C20H15N3O3/c1-25-18-11-14-6-3-2-5-13(14)10-17(18)19(24)22-16-8-4-7-15(9-16)20-23-21-12-26-20/h2-12H,1H3,(H,22,24). The first kappa shape index (κ1) is 15.8. The van der Waals surface area contributed by atoms with E-state index in [9.17, 15) is 4.79 Å². The molecule has 0 unspecified atom stereocenters. The van der Waals surface area contributed by atoms with Crippen LogP contribution in [0.25, 0.3) is 22.2 Å². The summed E-state index contributed by atoms with van der Waals surface area (Å²) in [6, 6.07) is 18.7. The summed E-state index contributed by atoms with van der Waals surface area (Å²) in [5.74, 6) is 0.661. The molecular formula is C20H15N3O3. The van der Waals surface area contributed by atoms with Crippen LogP contribution in [0.15, 0.2) is 71.5 Å². The summed E-state index contributed by atoms with van der Waals surface area (Å²) < 4.78 is 10.6. The van der Waals surface area contributed by atoms with Gasteiger partial charge in [-0.15, -0.1) is 10.2 Å². The lowest BCUT2D eigenvalue weighted by Gasteiger charge is -2.11. The summed E-state index contributed by atoms with van der Waals surface area (Å²) in [7, 11) is 1.55. The molecule has 6 heteroatoms. The van der Waals surface area contributed by atoms with Crippen LogP contribution in [0.5, 0.6) is 5.75 Å². The van der Waals surface area contributed by atoms with Gasteiger partial charge < -0.3 is 14.5 Å². The Morgan fingerprint density at radius 2 is 1.85 bits per heavy atom. The van der Waals surface area contributed by atoms with E-state index in [1.165, 1.54) is 6.39 Å². The van der Waals surface area contributed by atoms with Crippen molar-refractivity contribution in [3.63, 3.8) is 0 Å². The van der Waals surface area contributed by atoms with Gasteiger partial charge in [-0.25, -0.2) is 0 Å². The van der Waals surface area contributed by atoms with Gasteiger partial charge in [0.25, 0.3) is 5.91 Å². The zero-order valence-electron chi connectivity index (χ0n) is 14.0. The molecule has 6 nitrogen and oxygen atoms in total. The van der Waals surface area contributed by atoms with E-state index in [1.54, 1.807) is 19.2 Å². The van der Waals surface area contributed by atoms with Gasteiger partial charge in [0.1, 0.15) is 5.75 Å². The monoisotopic (exact) mass is 345 g/mol. The Hall–Kier alpha value is -3.67. The average Bonchev–Trinajstić information content (AvgIpc) is 3.22. The molecule has 1 amide bonds. The van der Waals surface area contributed by atoms with Crippen molar-refractivity contribution in [3.8, 4) is 17.2 Å². The van der Waals surface area contributed by atoms with E-state index in [2.05, 4.69) is 15.5 Å². The second kappa shape index (κ2) is 6.68. The molecule has 0 aliphatic rings. The third-order valence-electron chi connectivity index (χ3n) is 4.04. The summed E-state index contributed by atoms with van der Waals surface area (Å²) in [5.41, 5.74) is 1.82. The first-order chi connectivity index (χ1) is 12.7. The second-order valence-corrected chi connectivity index (χ2v) is 5.68. The second-order valence-electron chi connectivity index (χ2n) is 5.68. The average molecular weight is 345 g/mol. The lowest BCUT2D eigenvalue weighted by Crippen LogP contribution is -2.13. The third kappa shape index (κ3) is 3.00. The Kier molecular flexibility index (Phi) is 4.07. The molecule has 1 aromatic heterocycles. The van der Waals surface area contributed by atoms with Crippen molar-refractivity contribution >= 4 is 22.4 Å². The summed E-state index contributed by atoms with van der Waals surface area (Å²) in [4.78, 5) is 12.8. The molecule has 0 aliphatic carbocycles. The van der Waals surface area contributed by atoms with Crippen LogP contribution in [0.3, 0.4) is 0 Å². The Labute approximate surface area is 149 Å². The largest absolute Gasteiger partial charge is 0.496 e. The highest BCUT2D eigenvalue weighted by Crippen LogP contribution is 2.27. The van der Waals surface area contributed by atoms with Crippen molar-refractivity contribution in [2.24, 2.45) is 0 Å². The number of ether oxygens (including phenoxy) is 1. The van der Waals surface area contributed by atoms with Gasteiger partial charge in [0.05, 0.1) is 12.7 Å². The van der Waals surface area contributed by atoms with Crippen LogP contribution in [-0.4, -0.2) is 23.2 Å². The van der Waals surface area contributed by atoms with E-state index in [0.717, 1.165) is 16.3 Å². The number of anilines is 1. The highest BCUT2D eigenvalue weighted by Gasteiger charge is 2.14. The first-order valence-corrected chi connectivity index (χ1v) is 7.99. The summed E-state index contributed by atoms with van der Waals surface area (Å²) >= 11 is 0. The number of nitrogens with zero attached hydrogens (tertiary/aromatic N) is 2. The maximum atomic E-state index is 12.8. The number of benzene rings is 3. The number of fused-ring (bicyclic) bond motifs is 1. The van der Waals surface area contributed by atoms with E-state index in [0.29, 0.717) is 22.9 Å². The van der Waals surface area contributed by atoms with Gasteiger partial charge in [-0.2, -0.15) is 0 Å². The minimum absolute atomic E-state index is 0.254. The lowest BCUT2D eigenvalue weighted by molar-refractivity contribution is 0.102. The van der Waals surface area contributed by atoms with Gasteiger partial charge in [0, 0.05) is 11.3 Å². The molecule has 0 spiro atoms. The molecule has 26 heavy (non-hydrogen) atoms. The van der Waals surface area contributed by atoms with Crippen LogP contribution < -0.4 is 10.1 Å². The topological polar surface area (TPSA) is 77.2 Å². The maximum Gasteiger partial charge on any atom is 0.259 e. The number of nitrogens with one attached hydrogen (secondary N) is 1. The van der Waals surface area contributed by atoms with Crippen LogP contribution in [0.1, 0.15) is 10.4 Å². The van der Waals surface area contributed by atoms with E-state index < -0.39 is 0 Å². The number of amides is 1. The van der Waals surface area contributed by atoms with Crippen LogP contribution in [-0.2, 0) is 0 Å². The minimum atomic E-state index is -0.254. The molecule has 3 aromatic carbocycles. The molecule has 0 atom stereocenters. The van der Waals surface area contributed by atoms with E-state index in [-0.39, 0.29) is 5.91 Å². The Morgan fingerprint density at radius 3 is 2.58 bits per heavy atom. The molecule has 4 aromatic rings. The smallest absolute Gasteiger partial charge is 0.259 e. The lowest BCUT2D eigenvalue weighted by atomic mass is 10.1. The molecule has 1 N–H and O–H groups in total. The molecule has 1 heterocycles. The molecule has 0 saturated heterocycles. The molecular weight excluding hydrogens is 330 g/mol. The molecule has 0 bridgehead atoms. The maximum absolute atomic E-state index is 12.8. The van der Waals surface area contributed by atoms with Crippen molar-refractivity contribution in [2.75, 3.05) is 12.4 Å². The first-order valence-electron chi connectivity index (χ1n) is 7.99. The Morgan fingerprint density at radius 1 is 1.04 bits per heavy atom. The highest BCUT2D eigenvalue weighted by molar-refractivity contribution is 6.08. The van der Waals surface area contributed by atoms with Crippen LogP contribution in [0, 0.1) is 0 Å². The number of aromatic nitrogens is 2. The van der Waals surface area contributed by atoms with Gasteiger partial charge in [-0.1, -0.05) is 30.3 Å². The van der Waals surface area contributed by atoms with Crippen molar-refractivity contribution in [1.82, 2.24) is 10.2 Å². The zero-order valence-corrected chi connectivity index (χ0v) is 14.0. The minimum Gasteiger partial charge on any atom is -0.496 e. The van der Waals surface area contributed by atoms with E-state index in [1.807, 2.05) is 48.5 Å². The number of hydrogen-bond acceptors (Lipinski definition) is 5. The van der Waals surface area contributed by atoms with Crippen molar-refractivity contribution in [2.45, 2.75) is 0 Å². The van der Waals surface area contributed by atoms with Crippen molar-refractivity contribution in [3.05, 3.63) is 72.6 Å². The fourth-order valence-electron chi connectivity index (χ4n) is 2.79. The van der Waals surface area contributed by atoms with Crippen LogP contribution in [0.2, 0.25) is 0 Å². The van der Waals surface area contributed by atoms with Crippen LogP contribution in [0.4, 0.5) is 5.69 Å². The number of carbonyl (C=O) groups is 1. The fourth-order valence-corrected chi connectivity index (χ4v) is 2.79. The summed E-state index contributed by atoms with van der Waals surface area (Å²) in [5, 5.41) is 12.4. The number of methoxy groups -OCH3 is 1. The Balaban J connectivity index is 1.66. The van der Waals surface area contributed by atoms with Crippen LogP contribution >= 0.6 is 0 Å². The molecule has 4 rings (SSSR count). The normalized spacial score (nSPS) is 10.7. The predicted octanol–water partition coefficient (Wildman–Crippen LogP) is 4.15. The fraction of sp³-hybridized carbons (Fsp3) is 0.0500. The van der Waals surface area contributed by atoms with Gasteiger partial charge in [-0.3, -0.25) is 4.79 Å². The van der Waals surface area contributed by atoms with Crippen molar-refractivity contribution in [1.29, 1.82) is 0 Å². The molecule has 0 aliphatic heterocycles. The van der Waals surface area contributed by atoms with Crippen molar-refractivity contribution < 1.29 is 13.9 Å². The molecule has 0 radical (unpaired) electrons. The predicted molar refractivity (Wildman–Crippen MR) is 98.2 cm³/mol. The molecule has 128 valence electrons. The number of hydrogen-bond donors (Lipinski definition) is 1. The number of rotatable bonds is 4. The SMILES string of the molecule is COc1cc2ccccc2cc1C(=O)Nc1cccc(-c2nnco2)c1. The summed E-state index contributed by atoms with van der Waals surface area (Å²) in [6.07, 6.45) is 1.26. The van der Waals surface area contributed by atoms with E-state index >= 15 is 0 Å². The summed E-state index contributed by atoms with van der Waals surface area (Å²) in [6.45, 7) is 0. The van der Waals surface area contributed by atoms with Gasteiger partial charge in [0.15, 0.2) is 0 Å². The molecule has 0 saturated carbocycles. The van der Waals surface area contributed by atoms with Gasteiger partial charge >= 0.3 is 0 Å². The third-order valence-corrected chi connectivity index (χ3v) is 4.04.